The lowest BCUT2D eigenvalue weighted by Crippen LogP contribution is -2.43. The van der Waals surface area contributed by atoms with E-state index in [2.05, 4.69) is 4.90 Å². The molecule has 0 amide bonds. The highest BCUT2D eigenvalue weighted by molar-refractivity contribution is 5.85. The van der Waals surface area contributed by atoms with Crippen molar-refractivity contribution in [2.75, 3.05) is 20.4 Å². The van der Waals surface area contributed by atoms with Crippen LogP contribution in [0.5, 0.6) is 11.5 Å². The molecule has 5 heteroatoms. The Labute approximate surface area is 114 Å². The number of hydrogen-bond acceptors (Lipinski definition) is 4. The van der Waals surface area contributed by atoms with Gasteiger partial charge in [-0.3, -0.25) is 4.90 Å². The fraction of sp³-hybridized carbons (Fsp3) is 0.538. The van der Waals surface area contributed by atoms with Crippen LogP contribution < -0.4 is 9.47 Å². The molecule has 0 atom stereocenters. The highest BCUT2D eigenvalue weighted by atomic mass is 35.5. The topological polar surface area (TPSA) is 41.9 Å². The molecule has 1 heterocycles. The Hall–Kier alpha value is -0.970. The van der Waals surface area contributed by atoms with Gasteiger partial charge in [0.25, 0.3) is 0 Å². The quantitative estimate of drug-likeness (QED) is 0.912. The zero-order chi connectivity index (χ0) is 12.5. The molecule has 2 rings (SSSR count). The van der Waals surface area contributed by atoms with Gasteiger partial charge in [-0.2, -0.15) is 0 Å². The molecule has 1 aromatic rings. The van der Waals surface area contributed by atoms with E-state index in [4.69, 9.17) is 9.47 Å². The van der Waals surface area contributed by atoms with Gasteiger partial charge in [-0.15, -0.1) is 12.4 Å². The van der Waals surface area contributed by atoms with Gasteiger partial charge in [0.2, 0.25) is 6.79 Å². The van der Waals surface area contributed by atoms with Gasteiger partial charge in [0, 0.05) is 12.1 Å². The molecule has 0 aromatic heterocycles. The lowest BCUT2D eigenvalue weighted by atomic mass is 10.0. The minimum Gasteiger partial charge on any atom is -0.454 e. The summed E-state index contributed by atoms with van der Waals surface area (Å²) in [5, 5.41) is 9.31. The number of benzene rings is 1. The third kappa shape index (κ3) is 3.07. The van der Waals surface area contributed by atoms with Crippen LogP contribution in [-0.4, -0.2) is 36.0 Å². The molecule has 1 aromatic carbocycles. The van der Waals surface area contributed by atoms with Gasteiger partial charge in [-0.05, 0) is 38.6 Å². The summed E-state index contributed by atoms with van der Waals surface area (Å²) in [6.07, 6.45) is 0. The average Bonchev–Trinajstić information content (AvgIpc) is 2.76. The molecule has 0 bridgehead atoms. The standard InChI is InChI=1S/C13H19NO3.ClH/c1-13(2,8-15)14(3)7-10-4-5-11-12(6-10)17-9-16-11;/h4-6,15H,7-9H2,1-3H3;1H. The third-order valence-electron chi connectivity index (χ3n) is 3.28. The largest absolute Gasteiger partial charge is 0.454 e. The summed E-state index contributed by atoms with van der Waals surface area (Å²) in [6.45, 7) is 5.23. The van der Waals surface area contributed by atoms with Crippen LogP contribution >= 0.6 is 12.4 Å². The Kier molecular flexibility index (Phi) is 4.85. The molecule has 1 N–H and O–H groups in total. The second-order valence-electron chi connectivity index (χ2n) is 5.01. The molecule has 0 fully saturated rings. The summed E-state index contributed by atoms with van der Waals surface area (Å²) >= 11 is 0. The van der Waals surface area contributed by atoms with E-state index in [1.54, 1.807) is 0 Å². The number of likely N-dealkylation sites (N-methyl/N-ethyl adjacent to an activating group) is 1. The van der Waals surface area contributed by atoms with Crippen LogP contribution in [0.3, 0.4) is 0 Å². The van der Waals surface area contributed by atoms with Crippen molar-refractivity contribution in [2.45, 2.75) is 25.9 Å². The normalized spacial score (nSPS) is 13.6. The fourth-order valence-corrected chi connectivity index (χ4v) is 1.65. The van der Waals surface area contributed by atoms with E-state index in [9.17, 15) is 5.11 Å². The molecule has 1 aliphatic heterocycles. The first-order valence-corrected chi connectivity index (χ1v) is 5.73. The minimum atomic E-state index is -0.226. The Balaban J connectivity index is 0.00000162. The van der Waals surface area contributed by atoms with E-state index in [-0.39, 0.29) is 24.6 Å². The van der Waals surface area contributed by atoms with Crippen molar-refractivity contribution >= 4 is 12.4 Å². The zero-order valence-corrected chi connectivity index (χ0v) is 11.8. The first-order valence-electron chi connectivity index (χ1n) is 5.73. The van der Waals surface area contributed by atoms with Crippen molar-refractivity contribution in [3.05, 3.63) is 23.8 Å². The molecule has 0 saturated carbocycles. The molecule has 0 aliphatic carbocycles. The summed E-state index contributed by atoms with van der Waals surface area (Å²) in [5.41, 5.74) is 0.925. The van der Waals surface area contributed by atoms with Gasteiger partial charge in [-0.1, -0.05) is 6.07 Å². The van der Waals surface area contributed by atoms with Crippen molar-refractivity contribution in [3.8, 4) is 11.5 Å². The van der Waals surface area contributed by atoms with Crippen LogP contribution in [0, 0.1) is 0 Å². The Morgan fingerprint density at radius 2 is 1.94 bits per heavy atom. The molecule has 0 unspecified atom stereocenters. The van der Waals surface area contributed by atoms with E-state index in [1.807, 2.05) is 39.1 Å². The number of aliphatic hydroxyl groups is 1. The van der Waals surface area contributed by atoms with Crippen LogP contribution in [0.1, 0.15) is 19.4 Å². The van der Waals surface area contributed by atoms with Crippen LogP contribution in [-0.2, 0) is 6.54 Å². The Morgan fingerprint density at radius 3 is 2.61 bits per heavy atom. The van der Waals surface area contributed by atoms with Crippen LogP contribution in [0.25, 0.3) is 0 Å². The first-order chi connectivity index (χ1) is 8.03. The second kappa shape index (κ2) is 5.78. The van der Waals surface area contributed by atoms with E-state index in [1.165, 1.54) is 0 Å². The van der Waals surface area contributed by atoms with E-state index in [0.29, 0.717) is 6.79 Å². The summed E-state index contributed by atoms with van der Waals surface area (Å²) < 4.78 is 10.6. The fourth-order valence-electron chi connectivity index (χ4n) is 1.65. The van der Waals surface area contributed by atoms with E-state index in [0.717, 1.165) is 23.6 Å². The van der Waals surface area contributed by atoms with Gasteiger partial charge >= 0.3 is 0 Å². The summed E-state index contributed by atoms with van der Waals surface area (Å²) in [5.74, 6) is 1.61. The predicted molar refractivity (Wildman–Crippen MR) is 72.4 cm³/mol. The molecule has 1 aliphatic rings. The molecule has 0 radical (unpaired) electrons. The number of nitrogens with zero attached hydrogens (tertiary/aromatic N) is 1. The van der Waals surface area contributed by atoms with Gasteiger partial charge in [0.15, 0.2) is 11.5 Å². The van der Waals surface area contributed by atoms with E-state index < -0.39 is 0 Å². The molecule has 0 saturated heterocycles. The maximum atomic E-state index is 9.31. The summed E-state index contributed by atoms with van der Waals surface area (Å²) in [7, 11) is 2.00. The Bertz CT molecular complexity index is 409. The van der Waals surface area contributed by atoms with Crippen LogP contribution in [0.2, 0.25) is 0 Å². The lowest BCUT2D eigenvalue weighted by Gasteiger charge is -2.33. The number of ether oxygens (including phenoxy) is 2. The van der Waals surface area contributed by atoms with Crippen molar-refractivity contribution in [2.24, 2.45) is 0 Å². The molecule has 0 spiro atoms. The maximum Gasteiger partial charge on any atom is 0.231 e. The van der Waals surface area contributed by atoms with Crippen molar-refractivity contribution in [1.82, 2.24) is 4.90 Å². The second-order valence-corrected chi connectivity index (χ2v) is 5.01. The minimum absolute atomic E-state index is 0. The first kappa shape index (κ1) is 15.1. The van der Waals surface area contributed by atoms with E-state index >= 15 is 0 Å². The Morgan fingerprint density at radius 1 is 1.28 bits per heavy atom. The number of hydrogen-bond donors (Lipinski definition) is 1. The molecule has 18 heavy (non-hydrogen) atoms. The number of aliphatic hydroxyl groups excluding tert-OH is 1. The number of halogens is 1. The molecular weight excluding hydrogens is 254 g/mol. The molecular formula is C13H20ClNO3. The number of fused-ring (bicyclic) bond motifs is 1. The lowest BCUT2D eigenvalue weighted by molar-refractivity contribution is 0.0733. The highest BCUT2D eigenvalue weighted by Crippen LogP contribution is 2.33. The monoisotopic (exact) mass is 273 g/mol. The van der Waals surface area contributed by atoms with Gasteiger partial charge in [0.1, 0.15) is 0 Å². The smallest absolute Gasteiger partial charge is 0.231 e. The van der Waals surface area contributed by atoms with Gasteiger partial charge < -0.3 is 14.6 Å². The SMILES string of the molecule is CN(Cc1ccc2c(c1)OCO2)C(C)(C)CO.Cl. The predicted octanol–water partition coefficient (Wildman–Crippen LogP) is 2.04. The van der Waals surface area contributed by atoms with Crippen LogP contribution in [0.15, 0.2) is 18.2 Å². The number of rotatable bonds is 4. The van der Waals surface area contributed by atoms with Crippen LogP contribution in [0.4, 0.5) is 0 Å². The highest BCUT2D eigenvalue weighted by Gasteiger charge is 2.23. The molecule has 4 nitrogen and oxygen atoms in total. The van der Waals surface area contributed by atoms with Crippen molar-refractivity contribution in [3.63, 3.8) is 0 Å². The zero-order valence-electron chi connectivity index (χ0n) is 11.0. The maximum absolute atomic E-state index is 9.31. The third-order valence-corrected chi connectivity index (χ3v) is 3.28. The molecule has 102 valence electrons. The average molecular weight is 274 g/mol. The summed E-state index contributed by atoms with van der Waals surface area (Å²) in [6, 6.07) is 5.95. The van der Waals surface area contributed by atoms with Crippen molar-refractivity contribution in [1.29, 1.82) is 0 Å². The van der Waals surface area contributed by atoms with Crippen molar-refractivity contribution < 1.29 is 14.6 Å². The van der Waals surface area contributed by atoms with Gasteiger partial charge in [-0.25, -0.2) is 0 Å². The summed E-state index contributed by atoms with van der Waals surface area (Å²) in [4.78, 5) is 2.12. The van der Waals surface area contributed by atoms with Gasteiger partial charge in [0.05, 0.1) is 6.61 Å².